The van der Waals surface area contributed by atoms with Crippen LogP contribution in [0.2, 0.25) is 5.02 Å². The molecule has 104 valence electrons. The zero-order chi connectivity index (χ0) is 14.5. The van der Waals surface area contributed by atoms with Gasteiger partial charge in [-0.3, -0.25) is 4.79 Å². The Kier molecular flexibility index (Phi) is 4.64. The summed E-state index contributed by atoms with van der Waals surface area (Å²) < 4.78 is 0. The van der Waals surface area contributed by atoms with Crippen LogP contribution in [0.5, 0.6) is 0 Å². The quantitative estimate of drug-likeness (QED) is 0.932. The lowest BCUT2D eigenvalue weighted by Crippen LogP contribution is -2.14. The summed E-state index contributed by atoms with van der Waals surface area (Å²) in [5, 5.41) is 3.56. The van der Waals surface area contributed by atoms with Crippen LogP contribution in [0.4, 0.5) is 11.4 Å². The lowest BCUT2D eigenvalue weighted by molar-refractivity contribution is -0.115. The van der Waals surface area contributed by atoms with E-state index in [0.29, 0.717) is 11.4 Å². The van der Waals surface area contributed by atoms with Gasteiger partial charge in [0.2, 0.25) is 5.91 Å². The molecule has 20 heavy (non-hydrogen) atoms. The van der Waals surface area contributed by atoms with Gasteiger partial charge in [-0.2, -0.15) is 0 Å². The number of carbonyl (C=O) groups is 1. The molecule has 0 aliphatic rings. The van der Waals surface area contributed by atoms with Crippen LogP contribution < -0.4 is 10.2 Å². The minimum atomic E-state index is -0.0371. The third-order valence-electron chi connectivity index (χ3n) is 2.95. The minimum Gasteiger partial charge on any atom is -0.378 e. The van der Waals surface area contributed by atoms with Gasteiger partial charge in [-0.15, -0.1) is 0 Å². The summed E-state index contributed by atoms with van der Waals surface area (Å²) in [6.07, 6.45) is 0.340. The van der Waals surface area contributed by atoms with Crippen molar-refractivity contribution in [1.82, 2.24) is 0 Å². The molecule has 3 nitrogen and oxygen atoms in total. The highest BCUT2D eigenvalue weighted by molar-refractivity contribution is 6.30. The molecule has 0 bridgehead atoms. The average Bonchev–Trinajstić information content (AvgIpc) is 2.42. The minimum absolute atomic E-state index is 0.0371. The Morgan fingerprint density at radius 1 is 1.05 bits per heavy atom. The summed E-state index contributed by atoms with van der Waals surface area (Å²) in [6, 6.07) is 15.0. The van der Waals surface area contributed by atoms with E-state index in [1.807, 2.05) is 55.4 Å². The van der Waals surface area contributed by atoms with Gasteiger partial charge in [-0.25, -0.2) is 0 Å². The molecule has 0 spiro atoms. The number of halogens is 1. The van der Waals surface area contributed by atoms with Crippen molar-refractivity contribution in [2.75, 3.05) is 24.3 Å². The lowest BCUT2D eigenvalue weighted by atomic mass is 10.1. The van der Waals surface area contributed by atoms with Crippen molar-refractivity contribution in [1.29, 1.82) is 0 Å². The molecule has 0 atom stereocenters. The highest BCUT2D eigenvalue weighted by Crippen LogP contribution is 2.16. The monoisotopic (exact) mass is 288 g/mol. The van der Waals surface area contributed by atoms with Crippen LogP contribution in [0.15, 0.2) is 48.5 Å². The molecule has 1 amide bonds. The predicted octanol–water partition coefficient (Wildman–Crippen LogP) is 3.59. The van der Waals surface area contributed by atoms with E-state index >= 15 is 0 Å². The van der Waals surface area contributed by atoms with E-state index < -0.39 is 0 Å². The van der Waals surface area contributed by atoms with E-state index in [2.05, 4.69) is 5.32 Å². The van der Waals surface area contributed by atoms with Crippen LogP contribution in [0.3, 0.4) is 0 Å². The molecule has 2 rings (SSSR count). The predicted molar refractivity (Wildman–Crippen MR) is 84.6 cm³/mol. The van der Waals surface area contributed by atoms with Gasteiger partial charge in [0.1, 0.15) is 0 Å². The van der Waals surface area contributed by atoms with Gasteiger partial charge in [0, 0.05) is 30.5 Å². The third-order valence-corrected chi connectivity index (χ3v) is 3.20. The Bertz CT molecular complexity index is 576. The molecule has 0 aliphatic heterocycles. The number of nitrogens with one attached hydrogen (secondary N) is 1. The number of carbonyl (C=O) groups excluding carboxylic acids is 1. The number of hydrogen-bond acceptors (Lipinski definition) is 2. The molecule has 0 heterocycles. The van der Waals surface area contributed by atoms with E-state index in [1.54, 1.807) is 12.1 Å². The molecule has 0 radical (unpaired) electrons. The van der Waals surface area contributed by atoms with E-state index in [9.17, 15) is 4.79 Å². The van der Waals surface area contributed by atoms with Crippen LogP contribution in [0.25, 0.3) is 0 Å². The third kappa shape index (κ3) is 4.00. The van der Waals surface area contributed by atoms with Gasteiger partial charge in [0.25, 0.3) is 0 Å². The second-order valence-electron chi connectivity index (χ2n) is 4.79. The maximum absolute atomic E-state index is 11.9. The Hall–Kier alpha value is -2.00. The summed E-state index contributed by atoms with van der Waals surface area (Å²) in [6.45, 7) is 0. The van der Waals surface area contributed by atoms with E-state index in [0.717, 1.165) is 16.9 Å². The van der Waals surface area contributed by atoms with Crippen LogP contribution in [-0.4, -0.2) is 20.0 Å². The van der Waals surface area contributed by atoms with Crippen LogP contribution in [0, 0.1) is 0 Å². The first kappa shape index (κ1) is 14.4. The Balaban J connectivity index is 1.95. The second-order valence-corrected chi connectivity index (χ2v) is 5.23. The fourth-order valence-electron chi connectivity index (χ4n) is 1.84. The molecule has 0 saturated carbocycles. The standard InChI is InChI=1S/C16H17ClN2O/c1-19(2)15-9-7-14(8-10-15)18-16(20)11-12-3-5-13(17)6-4-12/h3-10H,11H2,1-2H3,(H,18,20). The van der Waals surface area contributed by atoms with Crippen LogP contribution in [-0.2, 0) is 11.2 Å². The normalized spacial score (nSPS) is 10.2. The van der Waals surface area contributed by atoms with Crippen molar-refractivity contribution >= 4 is 28.9 Å². The highest BCUT2D eigenvalue weighted by Gasteiger charge is 2.04. The van der Waals surface area contributed by atoms with Crippen molar-refractivity contribution in [2.45, 2.75) is 6.42 Å². The number of benzene rings is 2. The number of nitrogens with zero attached hydrogens (tertiary/aromatic N) is 1. The summed E-state index contributed by atoms with van der Waals surface area (Å²) in [4.78, 5) is 13.9. The first-order valence-corrected chi connectivity index (χ1v) is 6.74. The van der Waals surface area contributed by atoms with Crippen molar-refractivity contribution in [2.24, 2.45) is 0 Å². The van der Waals surface area contributed by atoms with Gasteiger partial charge in [-0.05, 0) is 42.0 Å². The fraction of sp³-hybridized carbons (Fsp3) is 0.188. The number of anilines is 2. The molecule has 4 heteroatoms. The molecule has 0 unspecified atom stereocenters. The zero-order valence-corrected chi connectivity index (χ0v) is 12.3. The highest BCUT2D eigenvalue weighted by atomic mass is 35.5. The Morgan fingerprint density at radius 2 is 1.65 bits per heavy atom. The fourth-order valence-corrected chi connectivity index (χ4v) is 1.96. The van der Waals surface area contributed by atoms with E-state index in [1.165, 1.54) is 0 Å². The molecule has 1 N–H and O–H groups in total. The van der Waals surface area contributed by atoms with Crippen molar-refractivity contribution in [3.63, 3.8) is 0 Å². The summed E-state index contributed by atoms with van der Waals surface area (Å²) in [5.74, 6) is -0.0371. The second kappa shape index (κ2) is 6.44. The molecular weight excluding hydrogens is 272 g/mol. The first-order chi connectivity index (χ1) is 9.54. The van der Waals surface area contributed by atoms with E-state index in [4.69, 9.17) is 11.6 Å². The van der Waals surface area contributed by atoms with Crippen LogP contribution in [0.1, 0.15) is 5.56 Å². The molecular formula is C16H17ClN2O. The summed E-state index contributed by atoms with van der Waals surface area (Å²) in [7, 11) is 3.96. The van der Waals surface area contributed by atoms with Crippen LogP contribution >= 0.6 is 11.6 Å². The average molecular weight is 289 g/mol. The summed E-state index contributed by atoms with van der Waals surface area (Å²) >= 11 is 5.81. The lowest BCUT2D eigenvalue weighted by Gasteiger charge is -2.13. The van der Waals surface area contributed by atoms with Gasteiger partial charge < -0.3 is 10.2 Å². The van der Waals surface area contributed by atoms with Gasteiger partial charge >= 0.3 is 0 Å². The van der Waals surface area contributed by atoms with Crippen molar-refractivity contribution in [3.8, 4) is 0 Å². The Labute approximate surface area is 124 Å². The number of amides is 1. The SMILES string of the molecule is CN(C)c1ccc(NC(=O)Cc2ccc(Cl)cc2)cc1. The molecule has 0 saturated heterocycles. The summed E-state index contributed by atoms with van der Waals surface area (Å²) in [5.41, 5.74) is 2.84. The Morgan fingerprint density at radius 3 is 2.20 bits per heavy atom. The maximum atomic E-state index is 11.9. The van der Waals surface area contributed by atoms with Crippen molar-refractivity contribution in [3.05, 3.63) is 59.1 Å². The molecule has 2 aromatic carbocycles. The van der Waals surface area contributed by atoms with Gasteiger partial charge in [0.05, 0.1) is 6.42 Å². The molecule has 0 fully saturated rings. The molecule has 0 aromatic heterocycles. The van der Waals surface area contributed by atoms with Gasteiger partial charge in [0.15, 0.2) is 0 Å². The molecule has 2 aromatic rings. The largest absolute Gasteiger partial charge is 0.378 e. The topological polar surface area (TPSA) is 32.3 Å². The van der Waals surface area contributed by atoms with Gasteiger partial charge in [-0.1, -0.05) is 23.7 Å². The van der Waals surface area contributed by atoms with E-state index in [-0.39, 0.29) is 5.91 Å². The van der Waals surface area contributed by atoms with Crippen molar-refractivity contribution < 1.29 is 4.79 Å². The first-order valence-electron chi connectivity index (χ1n) is 6.36. The smallest absolute Gasteiger partial charge is 0.228 e. The zero-order valence-electron chi connectivity index (χ0n) is 11.6. The number of hydrogen-bond donors (Lipinski definition) is 1. The molecule has 0 aliphatic carbocycles. The maximum Gasteiger partial charge on any atom is 0.228 e. The number of rotatable bonds is 4.